The number of nitrogens with zero attached hydrogens (tertiary/aromatic N) is 3. The first-order valence-electron chi connectivity index (χ1n) is 8.60. The number of nitro groups is 1. The second kappa shape index (κ2) is 8.31. The molecule has 0 saturated heterocycles. The molecule has 0 saturated carbocycles. The molecule has 0 aliphatic rings. The van der Waals surface area contributed by atoms with Crippen molar-refractivity contribution in [2.24, 2.45) is 4.99 Å². The lowest BCUT2D eigenvalue weighted by Gasteiger charge is -2.12. The number of hydrogen-bond donors (Lipinski definition) is 0. The zero-order valence-electron chi connectivity index (χ0n) is 16.3. The van der Waals surface area contributed by atoms with Gasteiger partial charge in [-0.3, -0.25) is 14.9 Å². The third-order valence-electron chi connectivity index (χ3n) is 4.30. The number of fused-ring (bicyclic) bond motifs is 1. The van der Waals surface area contributed by atoms with Crippen molar-refractivity contribution in [3.63, 3.8) is 0 Å². The highest BCUT2D eigenvalue weighted by atomic mass is 32.1. The minimum atomic E-state index is -0.493. The number of methoxy groups -OCH3 is 3. The van der Waals surface area contributed by atoms with Crippen LogP contribution in [0.2, 0.25) is 0 Å². The van der Waals surface area contributed by atoms with Crippen molar-refractivity contribution < 1.29 is 23.9 Å². The van der Waals surface area contributed by atoms with E-state index in [1.165, 1.54) is 56.9 Å². The number of amides is 1. The summed E-state index contributed by atoms with van der Waals surface area (Å²) in [6.07, 6.45) is 0. The highest BCUT2D eigenvalue weighted by Gasteiger charge is 2.18. The Balaban J connectivity index is 2.14. The van der Waals surface area contributed by atoms with E-state index in [4.69, 9.17) is 14.2 Å². The van der Waals surface area contributed by atoms with Gasteiger partial charge in [0.25, 0.3) is 11.6 Å². The predicted octanol–water partition coefficient (Wildman–Crippen LogP) is 3.40. The molecule has 1 heterocycles. The van der Waals surface area contributed by atoms with Gasteiger partial charge in [0.05, 0.1) is 36.5 Å². The average Bonchev–Trinajstić information content (AvgIpc) is 3.08. The number of carbonyl (C=O) groups is 1. The average molecular weight is 417 g/mol. The van der Waals surface area contributed by atoms with Crippen molar-refractivity contribution >= 4 is 33.1 Å². The topological polar surface area (TPSA) is 105 Å². The van der Waals surface area contributed by atoms with Gasteiger partial charge in [0.15, 0.2) is 16.3 Å². The first-order valence-corrected chi connectivity index (χ1v) is 9.42. The van der Waals surface area contributed by atoms with Crippen LogP contribution in [0.25, 0.3) is 10.2 Å². The molecule has 1 aromatic heterocycles. The van der Waals surface area contributed by atoms with Crippen molar-refractivity contribution in [2.45, 2.75) is 13.5 Å². The van der Waals surface area contributed by atoms with E-state index in [9.17, 15) is 14.9 Å². The lowest BCUT2D eigenvalue weighted by Crippen LogP contribution is -2.16. The van der Waals surface area contributed by atoms with Gasteiger partial charge in [-0.25, -0.2) is 0 Å². The van der Waals surface area contributed by atoms with Crippen LogP contribution in [-0.2, 0) is 6.54 Å². The van der Waals surface area contributed by atoms with Crippen LogP contribution in [0.15, 0.2) is 35.3 Å². The molecule has 2 aromatic carbocycles. The summed E-state index contributed by atoms with van der Waals surface area (Å²) in [5, 5.41) is 11.1. The van der Waals surface area contributed by atoms with E-state index in [1.54, 1.807) is 10.6 Å². The zero-order valence-corrected chi connectivity index (χ0v) is 17.1. The zero-order chi connectivity index (χ0) is 21.1. The van der Waals surface area contributed by atoms with Crippen molar-refractivity contribution in [2.75, 3.05) is 21.3 Å². The second-order valence-corrected chi connectivity index (χ2v) is 6.88. The Kier molecular flexibility index (Phi) is 5.83. The van der Waals surface area contributed by atoms with Gasteiger partial charge in [-0.2, -0.15) is 4.99 Å². The standard InChI is InChI=1S/C19H19N3O6S/c1-5-21-13-10-12(22(24)25)6-7-16(13)29-19(21)20-18(23)11-8-14(26-2)17(28-4)15(9-11)27-3/h6-10H,5H2,1-4H3. The normalized spacial score (nSPS) is 11.5. The monoisotopic (exact) mass is 417 g/mol. The van der Waals surface area contributed by atoms with E-state index in [1.807, 2.05) is 6.92 Å². The summed E-state index contributed by atoms with van der Waals surface area (Å²) in [5.41, 5.74) is 0.911. The molecule has 0 aliphatic heterocycles. The summed E-state index contributed by atoms with van der Waals surface area (Å²) in [6.45, 7) is 2.39. The first-order chi connectivity index (χ1) is 13.9. The van der Waals surface area contributed by atoms with Gasteiger partial charge < -0.3 is 18.8 Å². The van der Waals surface area contributed by atoms with Gasteiger partial charge in [0.1, 0.15) is 0 Å². The maximum atomic E-state index is 12.8. The minimum Gasteiger partial charge on any atom is -0.493 e. The van der Waals surface area contributed by atoms with Gasteiger partial charge in [0, 0.05) is 24.2 Å². The van der Waals surface area contributed by atoms with Crippen LogP contribution in [-0.4, -0.2) is 36.7 Å². The predicted molar refractivity (Wildman–Crippen MR) is 108 cm³/mol. The molecule has 0 unspecified atom stereocenters. The number of non-ortho nitro benzene ring substituents is 1. The molecule has 152 valence electrons. The van der Waals surface area contributed by atoms with E-state index < -0.39 is 10.8 Å². The van der Waals surface area contributed by atoms with Crippen molar-refractivity contribution in [1.29, 1.82) is 0 Å². The maximum absolute atomic E-state index is 12.8. The quantitative estimate of drug-likeness (QED) is 0.450. The number of carbonyl (C=O) groups excluding carboxylic acids is 1. The first kappa shape index (κ1) is 20.3. The van der Waals surface area contributed by atoms with Crippen molar-refractivity contribution in [3.8, 4) is 17.2 Å². The molecular weight excluding hydrogens is 398 g/mol. The second-order valence-electron chi connectivity index (χ2n) is 5.87. The number of aromatic nitrogens is 1. The van der Waals surface area contributed by atoms with Crippen LogP contribution in [0.1, 0.15) is 17.3 Å². The van der Waals surface area contributed by atoms with Crippen molar-refractivity contribution in [1.82, 2.24) is 4.57 Å². The van der Waals surface area contributed by atoms with E-state index in [0.29, 0.717) is 34.1 Å². The number of benzene rings is 2. The molecular formula is C19H19N3O6S. The van der Waals surface area contributed by atoms with Crippen LogP contribution in [0.3, 0.4) is 0 Å². The maximum Gasteiger partial charge on any atom is 0.279 e. The van der Waals surface area contributed by atoms with Crippen molar-refractivity contribution in [3.05, 3.63) is 50.8 Å². The molecule has 3 rings (SSSR count). The molecule has 29 heavy (non-hydrogen) atoms. The Labute approximate surface area is 169 Å². The lowest BCUT2D eigenvalue weighted by atomic mass is 10.1. The molecule has 0 fully saturated rings. The molecule has 0 aliphatic carbocycles. The molecule has 1 amide bonds. The summed E-state index contributed by atoms with van der Waals surface area (Å²) >= 11 is 1.29. The van der Waals surface area contributed by atoms with Crippen LogP contribution in [0.5, 0.6) is 17.2 Å². The molecule has 9 nitrogen and oxygen atoms in total. The molecule has 0 radical (unpaired) electrons. The highest BCUT2D eigenvalue weighted by molar-refractivity contribution is 7.16. The number of thiazole rings is 1. The van der Waals surface area contributed by atoms with Gasteiger partial charge in [-0.1, -0.05) is 11.3 Å². The Morgan fingerprint density at radius 2 is 1.79 bits per heavy atom. The Hall–Kier alpha value is -3.40. The molecule has 10 heteroatoms. The third kappa shape index (κ3) is 3.79. The Morgan fingerprint density at radius 1 is 1.14 bits per heavy atom. The largest absolute Gasteiger partial charge is 0.493 e. The Morgan fingerprint density at radius 3 is 2.31 bits per heavy atom. The smallest absolute Gasteiger partial charge is 0.279 e. The van der Waals surface area contributed by atoms with Gasteiger partial charge >= 0.3 is 0 Å². The summed E-state index contributed by atoms with van der Waals surface area (Å²) in [4.78, 5) is 28.1. The fraction of sp³-hybridized carbons (Fsp3) is 0.263. The number of ether oxygens (including phenoxy) is 3. The SMILES string of the molecule is CCn1c(=NC(=O)c2cc(OC)c(OC)c(OC)c2)sc2ccc([N+](=O)[O-])cc21. The van der Waals surface area contributed by atoms with Crippen LogP contribution in [0.4, 0.5) is 5.69 Å². The van der Waals surface area contributed by atoms with Gasteiger partial charge in [-0.15, -0.1) is 0 Å². The molecule has 0 atom stereocenters. The third-order valence-corrected chi connectivity index (χ3v) is 5.36. The fourth-order valence-corrected chi connectivity index (χ4v) is 3.99. The minimum absolute atomic E-state index is 0.0139. The number of nitro benzene ring substituents is 1. The lowest BCUT2D eigenvalue weighted by molar-refractivity contribution is -0.384. The summed E-state index contributed by atoms with van der Waals surface area (Å²) in [7, 11) is 4.41. The van der Waals surface area contributed by atoms with Crippen LogP contribution in [0, 0.1) is 10.1 Å². The fourth-order valence-electron chi connectivity index (χ4n) is 2.92. The van der Waals surface area contributed by atoms with Gasteiger partial charge in [-0.05, 0) is 25.1 Å². The van der Waals surface area contributed by atoms with Crippen LogP contribution < -0.4 is 19.0 Å². The summed E-state index contributed by atoms with van der Waals surface area (Å²) in [5.74, 6) is 0.582. The molecule has 0 N–H and O–H groups in total. The molecule has 0 spiro atoms. The summed E-state index contributed by atoms with van der Waals surface area (Å²) < 4.78 is 18.4. The highest BCUT2D eigenvalue weighted by Crippen LogP contribution is 2.38. The number of hydrogen-bond acceptors (Lipinski definition) is 7. The van der Waals surface area contributed by atoms with E-state index >= 15 is 0 Å². The van der Waals surface area contributed by atoms with Gasteiger partial charge in [0.2, 0.25) is 5.75 Å². The van der Waals surface area contributed by atoms with E-state index in [-0.39, 0.29) is 11.3 Å². The van der Waals surface area contributed by atoms with E-state index in [2.05, 4.69) is 4.99 Å². The summed E-state index contributed by atoms with van der Waals surface area (Å²) in [6, 6.07) is 7.64. The van der Waals surface area contributed by atoms with E-state index in [0.717, 1.165) is 4.70 Å². The van der Waals surface area contributed by atoms with Crippen LogP contribution >= 0.6 is 11.3 Å². The molecule has 0 bridgehead atoms. The number of aryl methyl sites for hydroxylation is 1. The number of rotatable bonds is 6. The molecule has 3 aromatic rings. The Bertz CT molecular complexity index is 1140.